The molecule has 1 aromatic rings. The van der Waals surface area contributed by atoms with E-state index in [0.717, 1.165) is 17.5 Å². The second-order valence-electron chi connectivity index (χ2n) is 13.0. The molecule has 3 amide bonds. The number of nitriles is 1. The van der Waals surface area contributed by atoms with Crippen molar-refractivity contribution in [1.29, 1.82) is 5.26 Å². The van der Waals surface area contributed by atoms with Crippen LogP contribution >= 0.6 is 0 Å². The van der Waals surface area contributed by atoms with Crippen molar-refractivity contribution in [2.24, 2.45) is 11.1 Å². The predicted octanol–water partition coefficient (Wildman–Crippen LogP) is 1.01. The fourth-order valence-corrected chi connectivity index (χ4v) is 7.84. The van der Waals surface area contributed by atoms with E-state index in [1.54, 1.807) is 37.8 Å². The predicted molar refractivity (Wildman–Crippen MR) is 145 cm³/mol. The van der Waals surface area contributed by atoms with E-state index < -0.39 is 39.8 Å². The first-order chi connectivity index (χ1) is 19.2. The molecule has 2 aliphatic carbocycles. The number of primary sulfonamides is 1. The van der Waals surface area contributed by atoms with Crippen LogP contribution in [0.5, 0.6) is 0 Å². The largest absolute Gasteiger partial charge is 0.444 e. The summed E-state index contributed by atoms with van der Waals surface area (Å²) in [4.78, 5) is 45.8. The molecule has 3 aliphatic heterocycles. The zero-order chi connectivity index (χ0) is 29.4. The van der Waals surface area contributed by atoms with Gasteiger partial charge < -0.3 is 19.9 Å². The van der Waals surface area contributed by atoms with Gasteiger partial charge in [0, 0.05) is 25.2 Å². The third-order valence-electron chi connectivity index (χ3n) is 9.05. The van der Waals surface area contributed by atoms with Crippen LogP contribution in [-0.2, 0) is 30.8 Å². The number of ether oxygens (including phenoxy) is 1. The maximum absolute atomic E-state index is 13.8. The third kappa shape index (κ3) is 5.06. The second kappa shape index (κ2) is 9.68. The summed E-state index contributed by atoms with van der Waals surface area (Å²) < 4.78 is 29.0. The number of rotatable bonds is 6. The number of nitrogens with zero attached hydrogens (tertiary/aromatic N) is 4. The molecule has 220 valence electrons. The van der Waals surface area contributed by atoms with Gasteiger partial charge in [0.25, 0.3) is 0 Å². The summed E-state index contributed by atoms with van der Waals surface area (Å²) in [6.07, 6.45) is 2.77. The summed E-state index contributed by atoms with van der Waals surface area (Å²) in [6.45, 7) is 5.92. The third-order valence-corrected chi connectivity index (χ3v) is 9.96. The fourth-order valence-electron chi connectivity index (χ4n) is 7.28. The van der Waals surface area contributed by atoms with Crippen LogP contribution in [0.25, 0.3) is 0 Å². The van der Waals surface area contributed by atoms with E-state index in [9.17, 15) is 28.1 Å². The maximum Gasteiger partial charge on any atom is 0.408 e. The maximum atomic E-state index is 13.8. The Labute approximate surface area is 239 Å². The Bertz CT molecular complexity index is 1450. The Kier molecular flexibility index (Phi) is 6.59. The number of nitrogens with two attached hydrogens (primary N) is 1. The molecule has 12 nitrogen and oxygen atoms in total. The zero-order valence-corrected chi connectivity index (χ0v) is 24.3. The van der Waals surface area contributed by atoms with Gasteiger partial charge in [0.2, 0.25) is 21.8 Å². The van der Waals surface area contributed by atoms with Crippen LogP contribution in [0.3, 0.4) is 0 Å². The van der Waals surface area contributed by atoms with Crippen LogP contribution in [0, 0.1) is 17.2 Å². The minimum absolute atomic E-state index is 0.0273. The van der Waals surface area contributed by atoms with Gasteiger partial charge in [0.15, 0.2) is 0 Å². The molecule has 3 N–H and O–H groups in total. The number of aryl methyl sites for hydroxylation is 1. The molecule has 0 aromatic heterocycles. The van der Waals surface area contributed by atoms with Gasteiger partial charge in [-0.1, -0.05) is 6.07 Å². The molecule has 4 fully saturated rings. The van der Waals surface area contributed by atoms with E-state index in [1.807, 2.05) is 9.80 Å². The van der Waals surface area contributed by atoms with Crippen LogP contribution in [0.1, 0.15) is 63.6 Å². The lowest BCUT2D eigenvalue weighted by atomic mass is 10.1. The van der Waals surface area contributed by atoms with E-state index in [4.69, 9.17) is 9.88 Å². The number of piperidine rings is 1. The van der Waals surface area contributed by atoms with E-state index >= 15 is 0 Å². The Morgan fingerprint density at radius 3 is 2.63 bits per heavy atom. The smallest absolute Gasteiger partial charge is 0.408 e. The van der Waals surface area contributed by atoms with Crippen molar-refractivity contribution in [3.05, 3.63) is 29.3 Å². The molecule has 1 aromatic carbocycles. The summed E-state index contributed by atoms with van der Waals surface area (Å²) in [5, 5.41) is 17.7. The molecular weight excluding hydrogens is 548 g/mol. The van der Waals surface area contributed by atoms with Gasteiger partial charge in [-0.25, -0.2) is 18.4 Å². The van der Waals surface area contributed by atoms with Gasteiger partial charge in [-0.15, -0.1) is 0 Å². The number of hydrogen-bond donors (Lipinski definition) is 2. The van der Waals surface area contributed by atoms with Crippen LogP contribution in [0.15, 0.2) is 23.1 Å². The van der Waals surface area contributed by atoms with Crippen molar-refractivity contribution < 1.29 is 27.5 Å². The molecule has 0 radical (unpaired) electrons. The van der Waals surface area contributed by atoms with E-state index in [-0.39, 0.29) is 41.4 Å². The molecule has 6 rings (SSSR count). The van der Waals surface area contributed by atoms with Gasteiger partial charge in [-0.3, -0.25) is 14.5 Å². The first kappa shape index (κ1) is 27.9. The SMILES string of the molecule is CC(C)(C)OC(=O)NC(CN1C[C@@H]2CC1C(=O)N2[C@H]1CCc2cc(S(N)(=O)=O)ccc21)C(=O)N1C(C#N)C[C@@H]2C[C@@H]21. The molecule has 3 saturated heterocycles. The Morgan fingerprint density at radius 2 is 1.98 bits per heavy atom. The van der Waals surface area contributed by atoms with Crippen LogP contribution in [0.2, 0.25) is 0 Å². The lowest BCUT2D eigenvalue weighted by molar-refractivity contribution is -0.141. The van der Waals surface area contributed by atoms with Crippen molar-refractivity contribution >= 4 is 27.9 Å². The minimum Gasteiger partial charge on any atom is -0.444 e. The number of piperazine rings is 1. The van der Waals surface area contributed by atoms with E-state index in [2.05, 4.69) is 11.4 Å². The number of carbonyl (C=O) groups is 3. The van der Waals surface area contributed by atoms with E-state index in [1.165, 1.54) is 6.07 Å². The Hall–Kier alpha value is -3.21. The van der Waals surface area contributed by atoms with Crippen LogP contribution < -0.4 is 10.5 Å². The van der Waals surface area contributed by atoms with E-state index in [0.29, 0.717) is 38.1 Å². The standard InChI is InChI=1S/C28H36N6O6S/c1-28(2,3)40-27(37)31-21(25(35)33-17(12-29)8-16-10-23(16)33)14-32-13-18-11-24(32)26(36)34(18)22-7-4-15-9-19(41(30,38)39)5-6-20(15)22/h5-6,9,16-18,21-24H,4,7-8,10-11,13-14H2,1-3H3,(H,31,37)(H2,30,38,39)/t16-,17?,18+,21?,22+,23+,24?/m1/s1. The van der Waals surface area contributed by atoms with Gasteiger partial charge in [-0.2, -0.15) is 5.26 Å². The molecule has 41 heavy (non-hydrogen) atoms. The number of hydrogen-bond acceptors (Lipinski definition) is 8. The van der Waals surface area contributed by atoms with Crippen molar-refractivity contribution in [2.45, 2.75) is 99.6 Å². The van der Waals surface area contributed by atoms with Crippen molar-refractivity contribution in [2.75, 3.05) is 13.1 Å². The summed E-state index contributed by atoms with van der Waals surface area (Å²) >= 11 is 0. The Balaban J connectivity index is 1.18. The lowest BCUT2D eigenvalue weighted by Gasteiger charge is -2.39. The van der Waals surface area contributed by atoms with Crippen molar-refractivity contribution in [3.63, 3.8) is 0 Å². The highest BCUT2D eigenvalue weighted by Gasteiger charge is 2.57. The van der Waals surface area contributed by atoms with Crippen LogP contribution in [0.4, 0.5) is 4.79 Å². The van der Waals surface area contributed by atoms with Gasteiger partial charge in [0.1, 0.15) is 17.7 Å². The fraction of sp³-hybridized carbons (Fsp3) is 0.643. The highest BCUT2D eigenvalue weighted by Crippen LogP contribution is 2.48. The molecule has 3 heterocycles. The van der Waals surface area contributed by atoms with Gasteiger partial charge in [0.05, 0.1) is 23.0 Å². The number of carbonyl (C=O) groups excluding carboxylic acids is 3. The number of sulfonamides is 1. The normalized spacial score (nSPS) is 31.0. The molecule has 3 unspecified atom stereocenters. The second-order valence-corrected chi connectivity index (χ2v) is 14.5. The summed E-state index contributed by atoms with van der Waals surface area (Å²) in [5.74, 6) is -0.00895. The number of alkyl carbamates (subject to hydrolysis) is 1. The van der Waals surface area contributed by atoms with Gasteiger partial charge >= 0.3 is 6.09 Å². The number of likely N-dealkylation sites (tertiary alicyclic amines) is 3. The lowest BCUT2D eigenvalue weighted by Crippen LogP contribution is -2.59. The van der Waals surface area contributed by atoms with Crippen LogP contribution in [-0.4, -0.2) is 89.9 Å². The highest BCUT2D eigenvalue weighted by molar-refractivity contribution is 7.89. The first-order valence-corrected chi connectivity index (χ1v) is 15.7. The average Bonchev–Trinajstić information content (AvgIpc) is 3.21. The molecule has 1 saturated carbocycles. The monoisotopic (exact) mass is 584 g/mol. The topological polar surface area (TPSA) is 166 Å². The summed E-state index contributed by atoms with van der Waals surface area (Å²) in [5.41, 5.74) is 1.08. The number of fused-ring (bicyclic) bond motifs is 4. The average molecular weight is 585 g/mol. The molecule has 13 heteroatoms. The molecule has 7 atom stereocenters. The number of benzene rings is 1. The zero-order valence-electron chi connectivity index (χ0n) is 23.4. The molecule has 2 bridgehead atoms. The first-order valence-electron chi connectivity index (χ1n) is 14.2. The number of nitrogens with one attached hydrogen (secondary N) is 1. The quantitative estimate of drug-likeness (QED) is 0.500. The minimum atomic E-state index is -3.81. The number of amides is 3. The molecule has 0 spiro atoms. The van der Waals surface area contributed by atoms with Crippen molar-refractivity contribution in [3.8, 4) is 6.07 Å². The Morgan fingerprint density at radius 1 is 1.22 bits per heavy atom. The molecular formula is C28H36N6O6S. The summed E-state index contributed by atoms with van der Waals surface area (Å²) in [7, 11) is -3.81. The van der Waals surface area contributed by atoms with Gasteiger partial charge in [-0.05, 0) is 82.1 Å². The van der Waals surface area contributed by atoms with Crippen molar-refractivity contribution in [1.82, 2.24) is 20.0 Å². The summed E-state index contributed by atoms with van der Waals surface area (Å²) in [6, 6.07) is 5.01. The molecule has 5 aliphatic rings. The highest BCUT2D eigenvalue weighted by atomic mass is 32.2.